The zero-order valence-electron chi connectivity index (χ0n) is 12.6. The molecular weight excluding hydrogens is 332 g/mol. The minimum absolute atomic E-state index is 0.125. The molecule has 0 unspecified atom stereocenters. The maximum Gasteiger partial charge on any atom is 0.270 e. The van der Waals surface area contributed by atoms with Crippen molar-refractivity contribution in [2.75, 3.05) is 12.4 Å². The van der Waals surface area contributed by atoms with Gasteiger partial charge in [-0.25, -0.2) is 0 Å². The lowest BCUT2D eigenvalue weighted by Gasteiger charge is -2.07. The molecule has 0 aliphatic rings. The molecule has 0 atom stereocenters. The van der Waals surface area contributed by atoms with E-state index in [9.17, 15) is 15.2 Å². The summed E-state index contributed by atoms with van der Waals surface area (Å²) in [7, 11) is 1.58. The molecule has 8 nitrogen and oxygen atoms in total. The van der Waals surface area contributed by atoms with Crippen LogP contribution in [-0.4, -0.2) is 28.5 Å². The van der Waals surface area contributed by atoms with E-state index in [1.54, 1.807) is 31.4 Å². The number of methoxy groups -OCH3 is 1. The van der Waals surface area contributed by atoms with Gasteiger partial charge in [-0.1, -0.05) is 0 Å². The van der Waals surface area contributed by atoms with Crippen molar-refractivity contribution in [3.05, 3.63) is 58.1 Å². The van der Waals surface area contributed by atoms with Crippen molar-refractivity contribution in [1.82, 2.24) is 5.43 Å². The van der Waals surface area contributed by atoms with Gasteiger partial charge >= 0.3 is 0 Å². The summed E-state index contributed by atoms with van der Waals surface area (Å²) in [6.45, 7) is 0. The van der Waals surface area contributed by atoms with Crippen LogP contribution in [0.25, 0.3) is 0 Å². The Kier molecular flexibility index (Phi) is 5.63. The minimum Gasteiger partial charge on any atom is -0.507 e. The first-order valence-corrected chi connectivity index (χ1v) is 7.12. The number of benzene rings is 2. The van der Waals surface area contributed by atoms with Crippen LogP contribution in [0.4, 0.5) is 11.4 Å². The van der Waals surface area contributed by atoms with Gasteiger partial charge in [-0.15, -0.1) is 0 Å². The van der Waals surface area contributed by atoms with Crippen molar-refractivity contribution in [2.24, 2.45) is 5.10 Å². The van der Waals surface area contributed by atoms with Gasteiger partial charge in [-0.3, -0.25) is 15.5 Å². The lowest BCUT2D eigenvalue weighted by atomic mass is 10.2. The lowest BCUT2D eigenvalue weighted by Crippen LogP contribution is -2.23. The van der Waals surface area contributed by atoms with Crippen LogP contribution < -0.4 is 15.5 Å². The lowest BCUT2D eigenvalue weighted by molar-refractivity contribution is -0.384. The van der Waals surface area contributed by atoms with Crippen LogP contribution in [0.3, 0.4) is 0 Å². The zero-order chi connectivity index (χ0) is 17.5. The first-order valence-electron chi connectivity index (χ1n) is 6.71. The van der Waals surface area contributed by atoms with Gasteiger partial charge < -0.3 is 15.2 Å². The largest absolute Gasteiger partial charge is 0.507 e. The van der Waals surface area contributed by atoms with Crippen molar-refractivity contribution >= 4 is 34.9 Å². The molecule has 0 radical (unpaired) electrons. The molecule has 0 aliphatic heterocycles. The Morgan fingerprint density at radius 2 is 2.04 bits per heavy atom. The van der Waals surface area contributed by atoms with Crippen LogP contribution in [0.5, 0.6) is 11.5 Å². The molecule has 0 heterocycles. The molecule has 0 fully saturated rings. The van der Waals surface area contributed by atoms with Crippen LogP contribution in [-0.2, 0) is 0 Å². The summed E-state index contributed by atoms with van der Waals surface area (Å²) in [6.07, 6.45) is 1.24. The van der Waals surface area contributed by atoms with E-state index in [0.717, 1.165) is 11.4 Å². The SMILES string of the molecule is COc1ccc(NC(=S)NN=Cc2cc([N+](=O)[O-])ccc2O)cc1. The number of non-ortho nitro benzene ring substituents is 1. The third kappa shape index (κ3) is 4.65. The highest BCUT2D eigenvalue weighted by atomic mass is 32.1. The Labute approximate surface area is 142 Å². The normalized spacial score (nSPS) is 10.4. The van der Waals surface area contributed by atoms with E-state index in [4.69, 9.17) is 17.0 Å². The summed E-state index contributed by atoms with van der Waals surface area (Å²) in [6, 6.07) is 10.8. The number of anilines is 1. The summed E-state index contributed by atoms with van der Waals surface area (Å²) < 4.78 is 5.05. The molecule has 2 aromatic carbocycles. The van der Waals surface area contributed by atoms with Gasteiger partial charge in [0.2, 0.25) is 0 Å². The Morgan fingerprint density at radius 3 is 2.67 bits per heavy atom. The second-order valence-electron chi connectivity index (χ2n) is 4.55. The Hall–Kier alpha value is -3.20. The topological polar surface area (TPSA) is 109 Å². The summed E-state index contributed by atoms with van der Waals surface area (Å²) in [5.41, 5.74) is 3.35. The van der Waals surface area contributed by atoms with Gasteiger partial charge in [0.05, 0.1) is 18.2 Å². The van der Waals surface area contributed by atoms with E-state index < -0.39 is 4.92 Å². The van der Waals surface area contributed by atoms with Crippen LogP contribution >= 0.6 is 12.2 Å². The van der Waals surface area contributed by atoms with E-state index >= 15 is 0 Å². The highest BCUT2D eigenvalue weighted by molar-refractivity contribution is 7.80. The van der Waals surface area contributed by atoms with E-state index in [1.165, 1.54) is 24.4 Å². The van der Waals surface area contributed by atoms with Crippen LogP contribution in [0.15, 0.2) is 47.6 Å². The fraction of sp³-hybridized carbons (Fsp3) is 0.0667. The molecule has 0 amide bonds. The van der Waals surface area contributed by atoms with Crippen LogP contribution in [0, 0.1) is 10.1 Å². The molecular formula is C15H14N4O4S. The number of phenols is 1. The second-order valence-corrected chi connectivity index (χ2v) is 4.96. The number of phenolic OH excluding ortho intramolecular Hbond substituents is 1. The fourth-order valence-electron chi connectivity index (χ4n) is 1.75. The zero-order valence-corrected chi connectivity index (χ0v) is 13.4. The molecule has 0 spiro atoms. The average Bonchev–Trinajstić information content (AvgIpc) is 2.57. The van der Waals surface area contributed by atoms with Crippen molar-refractivity contribution in [3.8, 4) is 11.5 Å². The van der Waals surface area contributed by atoms with Gasteiger partial charge in [0.25, 0.3) is 5.69 Å². The van der Waals surface area contributed by atoms with Gasteiger partial charge in [0, 0.05) is 23.4 Å². The van der Waals surface area contributed by atoms with Crippen molar-refractivity contribution in [1.29, 1.82) is 0 Å². The van der Waals surface area contributed by atoms with Gasteiger partial charge in [0.1, 0.15) is 11.5 Å². The van der Waals surface area contributed by atoms with Crippen molar-refractivity contribution < 1.29 is 14.8 Å². The highest BCUT2D eigenvalue weighted by Gasteiger charge is 2.08. The second kappa shape index (κ2) is 7.88. The number of nitrogens with one attached hydrogen (secondary N) is 2. The van der Waals surface area contributed by atoms with Crippen molar-refractivity contribution in [3.63, 3.8) is 0 Å². The number of aromatic hydroxyl groups is 1. The number of hydrogen-bond acceptors (Lipinski definition) is 6. The van der Waals surface area contributed by atoms with Gasteiger partial charge in [-0.05, 0) is 42.5 Å². The Bertz CT molecular complexity index is 778. The van der Waals surface area contributed by atoms with Crippen LogP contribution in [0.2, 0.25) is 0 Å². The molecule has 2 aromatic rings. The summed E-state index contributed by atoms with van der Waals surface area (Å²) >= 11 is 5.07. The quantitative estimate of drug-likeness (QED) is 0.330. The average molecular weight is 346 g/mol. The number of thiocarbonyl (C=S) groups is 1. The van der Waals surface area contributed by atoms with E-state index in [2.05, 4.69) is 15.8 Å². The number of nitro benzene ring substituents is 1. The fourth-order valence-corrected chi connectivity index (χ4v) is 1.92. The Morgan fingerprint density at radius 1 is 1.33 bits per heavy atom. The molecule has 0 aromatic heterocycles. The molecule has 124 valence electrons. The molecule has 0 saturated heterocycles. The number of nitro groups is 1. The first-order chi connectivity index (χ1) is 11.5. The van der Waals surface area contributed by atoms with Crippen molar-refractivity contribution in [2.45, 2.75) is 0 Å². The molecule has 0 bridgehead atoms. The third-order valence-corrected chi connectivity index (χ3v) is 3.13. The summed E-state index contributed by atoms with van der Waals surface area (Å²) in [5, 5.41) is 27.4. The number of ether oxygens (including phenoxy) is 1. The standard InChI is InChI=1S/C15H14N4O4S/c1-23-13-5-2-11(3-6-13)17-15(24)18-16-9-10-8-12(19(21)22)4-7-14(10)20/h2-9,20H,1H3,(H2,17,18,24). The molecule has 24 heavy (non-hydrogen) atoms. The van der Waals surface area contributed by atoms with Crippen LogP contribution in [0.1, 0.15) is 5.56 Å². The first kappa shape index (κ1) is 17.2. The van der Waals surface area contributed by atoms with E-state index in [1.807, 2.05) is 0 Å². The smallest absolute Gasteiger partial charge is 0.270 e. The van der Waals surface area contributed by atoms with Gasteiger partial charge in [0.15, 0.2) is 5.11 Å². The monoisotopic (exact) mass is 346 g/mol. The molecule has 9 heteroatoms. The number of hydrogen-bond donors (Lipinski definition) is 3. The van der Waals surface area contributed by atoms with Gasteiger partial charge in [-0.2, -0.15) is 5.10 Å². The number of rotatable bonds is 5. The number of hydrazone groups is 1. The highest BCUT2D eigenvalue weighted by Crippen LogP contribution is 2.21. The molecule has 3 N–H and O–H groups in total. The van der Waals surface area contributed by atoms with E-state index in [0.29, 0.717) is 0 Å². The maximum absolute atomic E-state index is 10.7. The predicted octanol–water partition coefficient (Wildman–Crippen LogP) is 2.63. The molecule has 0 saturated carbocycles. The minimum atomic E-state index is -0.555. The molecule has 0 aliphatic carbocycles. The maximum atomic E-state index is 10.7. The third-order valence-electron chi connectivity index (χ3n) is 2.94. The Balaban J connectivity index is 1.96. The molecule has 2 rings (SSSR count). The summed E-state index contributed by atoms with van der Waals surface area (Å²) in [4.78, 5) is 10.2. The van der Waals surface area contributed by atoms with E-state index in [-0.39, 0.29) is 22.1 Å². The number of nitrogens with zero attached hydrogens (tertiary/aromatic N) is 2. The summed E-state index contributed by atoms with van der Waals surface area (Å²) in [5.74, 6) is 0.596. The predicted molar refractivity (Wildman–Crippen MR) is 94.7 cm³/mol.